The molecule has 1 amide bonds. The predicted octanol–water partition coefficient (Wildman–Crippen LogP) is 1.57. The standard InChI is InChI=1S/C12H19N3O/c1-8(16)14-10-5-12(2,3)6-11-9(10)7-13-15(11)4/h7,10H,5-6H2,1-4H3,(H,14,16). The van der Waals surface area contributed by atoms with E-state index in [2.05, 4.69) is 24.3 Å². The first-order chi connectivity index (χ1) is 7.39. The van der Waals surface area contributed by atoms with E-state index >= 15 is 0 Å². The molecule has 0 saturated carbocycles. The molecule has 1 aromatic rings. The van der Waals surface area contributed by atoms with Crippen molar-refractivity contribution in [3.8, 4) is 0 Å². The van der Waals surface area contributed by atoms with E-state index in [0.717, 1.165) is 12.8 Å². The number of carbonyl (C=O) groups is 1. The Morgan fingerprint density at radius 1 is 1.62 bits per heavy atom. The van der Waals surface area contributed by atoms with Crippen LogP contribution in [0.4, 0.5) is 0 Å². The summed E-state index contributed by atoms with van der Waals surface area (Å²) in [5, 5.41) is 7.30. The number of carbonyl (C=O) groups excluding carboxylic acids is 1. The molecule has 0 saturated heterocycles. The minimum Gasteiger partial charge on any atom is -0.349 e. The Kier molecular flexibility index (Phi) is 2.52. The van der Waals surface area contributed by atoms with Gasteiger partial charge in [-0.3, -0.25) is 9.48 Å². The van der Waals surface area contributed by atoms with Crippen molar-refractivity contribution in [1.82, 2.24) is 15.1 Å². The number of hydrogen-bond acceptors (Lipinski definition) is 2. The zero-order chi connectivity index (χ0) is 11.9. The van der Waals surface area contributed by atoms with Crippen LogP contribution in [0.15, 0.2) is 6.20 Å². The zero-order valence-electron chi connectivity index (χ0n) is 10.4. The molecule has 4 heteroatoms. The normalized spacial score (nSPS) is 22.6. The van der Waals surface area contributed by atoms with Gasteiger partial charge in [-0.2, -0.15) is 5.10 Å². The van der Waals surface area contributed by atoms with Crippen LogP contribution in [0.5, 0.6) is 0 Å². The van der Waals surface area contributed by atoms with Crippen LogP contribution in [0.3, 0.4) is 0 Å². The molecule has 2 rings (SSSR count). The highest BCUT2D eigenvalue weighted by Crippen LogP contribution is 2.40. The third kappa shape index (κ3) is 1.96. The lowest BCUT2D eigenvalue weighted by atomic mass is 9.74. The lowest BCUT2D eigenvalue weighted by Gasteiger charge is -2.35. The smallest absolute Gasteiger partial charge is 0.217 e. The summed E-state index contributed by atoms with van der Waals surface area (Å²) in [4.78, 5) is 11.2. The molecule has 4 nitrogen and oxygen atoms in total. The highest BCUT2D eigenvalue weighted by atomic mass is 16.1. The van der Waals surface area contributed by atoms with E-state index in [1.165, 1.54) is 11.3 Å². The van der Waals surface area contributed by atoms with Crippen molar-refractivity contribution in [2.24, 2.45) is 12.5 Å². The minimum atomic E-state index is 0.0255. The van der Waals surface area contributed by atoms with Gasteiger partial charge in [0.1, 0.15) is 0 Å². The highest BCUT2D eigenvalue weighted by Gasteiger charge is 2.34. The molecule has 0 bridgehead atoms. The Hall–Kier alpha value is -1.32. The molecule has 0 radical (unpaired) electrons. The summed E-state index contributed by atoms with van der Waals surface area (Å²) in [6.45, 7) is 6.03. The van der Waals surface area contributed by atoms with Crippen molar-refractivity contribution < 1.29 is 4.79 Å². The fourth-order valence-corrected chi connectivity index (χ4v) is 2.55. The predicted molar refractivity (Wildman–Crippen MR) is 61.9 cm³/mol. The van der Waals surface area contributed by atoms with Gasteiger partial charge in [-0.05, 0) is 18.3 Å². The second-order valence-electron chi connectivity index (χ2n) is 5.47. The van der Waals surface area contributed by atoms with Crippen molar-refractivity contribution in [2.75, 3.05) is 0 Å². The summed E-state index contributed by atoms with van der Waals surface area (Å²) < 4.78 is 1.92. The summed E-state index contributed by atoms with van der Waals surface area (Å²) in [6, 6.07) is 0.116. The molecule has 1 unspecified atom stereocenters. The van der Waals surface area contributed by atoms with Gasteiger partial charge in [0.25, 0.3) is 0 Å². The van der Waals surface area contributed by atoms with Crippen LogP contribution in [-0.2, 0) is 18.3 Å². The van der Waals surface area contributed by atoms with Gasteiger partial charge in [0.2, 0.25) is 5.91 Å². The third-order valence-corrected chi connectivity index (χ3v) is 3.25. The molecular weight excluding hydrogens is 202 g/mol. The molecule has 0 aliphatic heterocycles. The third-order valence-electron chi connectivity index (χ3n) is 3.25. The van der Waals surface area contributed by atoms with Gasteiger partial charge in [-0.25, -0.2) is 0 Å². The molecule has 0 spiro atoms. The lowest BCUT2D eigenvalue weighted by Crippen LogP contribution is -2.35. The van der Waals surface area contributed by atoms with E-state index in [0.29, 0.717) is 0 Å². The summed E-state index contributed by atoms with van der Waals surface area (Å²) in [5.41, 5.74) is 2.64. The first kappa shape index (κ1) is 11.2. The number of aryl methyl sites for hydroxylation is 1. The fraction of sp³-hybridized carbons (Fsp3) is 0.667. The Labute approximate surface area is 96.0 Å². The molecule has 16 heavy (non-hydrogen) atoms. The maximum absolute atomic E-state index is 11.2. The van der Waals surface area contributed by atoms with Crippen LogP contribution in [0.1, 0.15) is 44.5 Å². The Morgan fingerprint density at radius 3 is 2.94 bits per heavy atom. The maximum Gasteiger partial charge on any atom is 0.217 e. The van der Waals surface area contributed by atoms with Crippen LogP contribution < -0.4 is 5.32 Å². The summed E-state index contributed by atoms with van der Waals surface area (Å²) >= 11 is 0. The lowest BCUT2D eigenvalue weighted by molar-refractivity contribution is -0.120. The van der Waals surface area contributed by atoms with Crippen molar-refractivity contribution in [3.63, 3.8) is 0 Å². The second-order valence-corrected chi connectivity index (χ2v) is 5.47. The van der Waals surface area contributed by atoms with Crippen molar-refractivity contribution in [3.05, 3.63) is 17.5 Å². The zero-order valence-corrected chi connectivity index (χ0v) is 10.4. The Bertz CT molecular complexity index is 420. The SMILES string of the molecule is CC(=O)NC1CC(C)(C)Cc2c1cnn2C. The van der Waals surface area contributed by atoms with E-state index in [-0.39, 0.29) is 17.4 Å². The fourth-order valence-electron chi connectivity index (χ4n) is 2.55. The summed E-state index contributed by atoms with van der Waals surface area (Å²) in [7, 11) is 1.96. The number of amides is 1. The van der Waals surface area contributed by atoms with Gasteiger partial charge in [0, 0.05) is 25.2 Å². The number of aromatic nitrogens is 2. The van der Waals surface area contributed by atoms with Gasteiger partial charge in [-0.15, -0.1) is 0 Å². The van der Waals surface area contributed by atoms with E-state index in [9.17, 15) is 4.79 Å². The molecule has 1 aromatic heterocycles. The number of hydrogen-bond donors (Lipinski definition) is 1. The molecule has 1 atom stereocenters. The van der Waals surface area contributed by atoms with Gasteiger partial charge in [0.05, 0.1) is 12.2 Å². The summed E-state index contributed by atoms with van der Waals surface area (Å²) in [5.74, 6) is 0.0255. The van der Waals surface area contributed by atoms with Crippen LogP contribution in [0.25, 0.3) is 0 Å². The molecule has 1 heterocycles. The quantitative estimate of drug-likeness (QED) is 0.782. The maximum atomic E-state index is 11.2. The van der Waals surface area contributed by atoms with Gasteiger partial charge in [0.15, 0.2) is 0 Å². The average molecular weight is 221 g/mol. The van der Waals surface area contributed by atoms with E-state index in [1.807, 2.05) is 17.9 Å². The van der Waals surface area contributed by atoms with Crippen LogP contribution >= 0.6 is 0 Å². The average Bonchev–Trinajstić information content (AvgIpc) is 2.45. The van der Waals surface area contributed by atoms with Crippen LogP contribution in [0, 0.1) is 5.41 Å². The van der Waals surface area contributed by atoms with Crippen LogP contribution in [-0.4, -0.2) is 15.7 Å². The molecule has 88 valence electrons. The first-order valence-corrected chi connectivity index (χ1v) is 5.67. The monoisotopic (exact) mass is 221 g/mol. The van der Waals surface area contributed by atoms with E-state index < -0.39 is 0 Å². The van der Waals surface area contributed by atoms with E-state index in [1.54, 1.807) is 6.92 Å². The Morgan fingerprint density at radius 2 is 2.31 bits per heavy atom. The molecule has 0 aromatic carbocycles. The topological polar surface area (TPSA) is 46.9 Å². The van der Waals surface area contributed by atoms with Crippen LogP contribution in [0.2, 0.25) is 0 Å². The second kappa shape index (κ2) is 3.61. The highest BCUT2D eigenvalue weighted by molar-refractivity contribution is 5.73. The Balaban J connectivity index is 2.36. The minimum absolute atomic E-state index is 0.0255. The van der Waals surface area contributed by atoms with Crippen molar-refractivity contribution >= 4 is 5.91 Å². The molecule has 0 fully saturated rings. The molecule has 1 N–H and O–H groups in total. The summed E-state index contributed by atoms with van der Waals surface area (Å²) in [6.07, 6.45) is 3.88. The van der Waals surface area contributed by atoms with Crippen molar-refractivity contribution in [2.45, 2.75) is 39.7 Å². The largest absolute Gasteiger partial charge is 0.349 e. The molecular formula is C12H19N3O. The molecule has 1 aliphatic rings. The number of nitrogens with one attached hydrogen (secondary N) is 1. The number of rotatable bonds is 1. The van der Waals surface area contributed by atoms with E-state index in [4.69, 9.17) is 0 Å². The van der Waals surface area contributed by atoms with Gasteiger partial charge >= 0.3 is 0 Å². The first-order valence-electron chi connectivity index (χ1n) is 5.67. The van der Waals surface area contributed by atoms with Gasteiger partial charge < -0.3 is 5.32 Å². The molecule has 1 aliphatic carbocycles. The number of fused-ring (bicyclic) bond motifs is 1. The van der Waals surface area contributed by atoms with Gasteiger partial charge in [-0.1, -0.05) is 13.8 Å². The number of nitrogens with zero attached hydrogens (tertiary/aromatic N) is 2. The van der Waals surface area contributed by atoms with Crippen molar-refractivity contribution in [1.29, 1.82) is 0 Å².